The Hall–Kier alpha value is -1.09. The summed E-state index contributed by atoms with van der Waals surface area (Å²) >= 11 is 11.7. The first-order valence-corrected chi connectivity index (χ1v) is 6.88. The fourth-order valence-corrected chi connectivity index (χ4v) is 2.13. The van der Waals surface area contributed by atoms with Gasteiger partial charge < -0.3 is 5.32 Å². The first-order valence-electron chi connectivity index (χ1n) is 5.97. The highest BCUT2D eigenvalue weighted by molar-refractivity contribution is 6.31. The van der Waals surface area contributed by atoms with Gasteiger partial charge in [0.2, 0.25) is 0 Å². The zero-order valence-corrected chi connectivity index (χ0v) is 11.8. The van der Waals surface area contributed by atoms with Crippen LogP contribution in [0.15, 0.2) is 42.5 Å². The molecular weight excluding hydrogens is 284 g/mol. The second-order valence-electron chi connectivity index (χ2n) is 4.29. The van der Waals surface area contributed by atoms with Crippen LogP contribution in [0.3, 0.4) is 0 Å². The Labute approximate surface area is 122 Å². The number of nitrogens with one attached hydrogen (secondary N) is 1. The fourth-order valence-electron chi connectivity index (χ4n) is 1.77. The van der Waals surface area contributed by atoms with Crippen LogP contribution in [0.4, 0.5) is 4.39 Å². The van der Waals surface area contributed by atoms with E-state index in [1.165, 1.54) is 12.1 Å². The standard InChI is InChI=1S/C15H14Cl2FN/c16-8-11-1-3-12(4-2-11)9-19-10-13-7-14(18)5-6-15(13)17/h1-7,19H,8-10H2. The maximum absolute atomic E-state index is 13.1. The van der Waals surface area contributed by atoms with Crippen molar-refractivity contribution in [2.45, 2.75) is 19.0 Å². The van der Waals surface area contributed by atoms with Crippen LogP contribution < -0.4 is 5.32 Å². The van der Waals surface area contributed by atoms with Crippen molar-refractivity contribution >= 4 is 23.2 Å². The molecule has 0 aliphatic rings. The van der Waals surface area contributed by atoms with Crippen molar-refractivity contribution < 1.29 is 4.39 Å². The average molecular weight is 298 g/mol. The summed E-state index contributed by atoms with van der Waals surface area (Å²) < 4.78 is 13.1. The van der Waals surface area contributed by atoms with Crippen molar-refractivity contribution in [2.24, 2.45) is 0 Å². The minimum atomic E-state index is -0.271. The Morgan fingerprint density at radius 1 is 0.947 bits per heavy atom. The van der Waals surface area contributed by atoms with Crippen molar-refractivity contribution in [1.82, 2.24) is 5.32 Å². The van der Waals surface area contributed by atoms with Crippen LogP contribution in [0.5, 0.6) is 0 Å². The number of alkyl halides is 1. The summed E-state index contributed by atoms with van der Waals surface area (Å²) in [7, 11) is 0. The molecule has 2 rings (SSSR count). The molecule has 0 saturated carbocycles. The average Bonchev–Trinajstić information content (AvgIpc) is 2.43. The maximum Gasteiger partial charge on any atom is 0.123 e. The quantitative estimate of drug-likeness (QED) is 0.801. The molecule has 0 amide bonds. The number of benzene rings is 2. The summed E-state index contributed by atoms with van der Waals surface area (Å²) in [4.78, 5) is 0. The summed E-state index contributed by atoms with van der Waals surface area (Å²) in [5.74, 6) is 0.250. The molecule has 0 aliphatic carbocycles. The van der Waals surface area contributed by atoms with Gasteiger partial charge in [-0.15, -0.1) is 11.6 Å². The van der Waals surface area contributed by atoms with Crippen LogP contribution in [-0.2, 0) is 19.0 Å². The predicted octanol–water partition coefficient (Wildman–Crippen LogP) is 4.51. The van der Waals surface area contributed by atoms with Gasteiger partial charge in [-0.05, 0) is 34.9 Å². The van der Waals surface area contributed by atoms with Gasteiger partial charge in [-0.25, -0.2) is 4.39 Å². The highest BCUT2D eigenvalue weighted by Gasteiger charge is 2.02. The molecule has 2 aromatic rings. The molecule has 0 unspecified atom stereocenters. The Balaban J connectivity index is 1.90. The predicted molar refractivity (Wildman–Crippen MR) is 78.0 cm³/mol. The Morgan fingerprint density at radius 2 is 1.63 bits per heavy atom. The summed E-state index contributed by atoms with van der Waals surface area (Å²) in [6.45, 7) is 1.24. The molecule has 0 radical (unpaired) electrons. The Kier molecular flexibility index (Phi) is 5.20. The van der Waals surface area contributed by atoms with E-state index < -0.39 is 0 Å². The van der Waals surface area contributed by atoms with Gasteiger partial charge in [0.15, 0.2) is 0 Å². The van der Waals surface area contributed by atoms with Crippen LogP contribution >= 0.6 is 23.2 Å². The van der Waals surface area contributed by atoms with Crippen molar-refractivity contribution in [3.63, 3.8) is 0 Å². The van der Waals surface area contributed by atoms with Gasteiger partial charge in [0.25, 0.3) is 0 Å². The number of hydrogen-bond acceptors (Lipinski definition) is 1. The van der Waals surface area contributed by atoms with E-state index in [0.717, 1.165) is 16.7 Å². The molecular formula is C15H14Cl2FN. The molecule has 100 valence electrons. The number of hydrogen-bond donors (Lipinski definition) is 1. The van der Waals surface area contributed by atoms with E-state index in [2.05, 4.69) is 5.32 Å². The highest BCUT2D eigenvalue weighted by Crippen LogP contribution is 2.17. The second kappa shape index (κ2) is 6.90. The second-order valence-corrected chi connectivity index (χ2v) is 4.96. The lowest BCUT2D eigenvalue weighted by Gasteiger charge is -2.07. The number of rotatable bonds is 5. The molecule has 0 fully saturated rings. The van der Waals surface area contributed by atoms with Crippen LogP contribution in [0.2, 0.25) is 5.02 Å². The Bertz CT molecular complexity index is 540. The van der Waals surface area contributed by atoms with Gasteiger partial charge in [-0.3, -0.25) is 0 Å². The SMILES string of the molecule is Fc1ccc(Cl)c(CNCc2ccc(CCl)cc2)c1. The van der Waals surface area contributed by atoms with Crippen molar-refractivity contribution in [1.29, 1.82) is 0 Å². The normalized spacial score (nSPS) is 10.7. The Morgan fingerprint density at radius 3 is 2.32 bits per heavy atom. The van der Waals surface area contributed by atoms with Gasteiger partial charge in [-0.1, -0.05) is 35.9 Å². The summed E-state index contributed by atoms with van der Waals surface area (Å²) in [5, 5.41) is 3.81. The van der Waals surface area contributed by atoms with E-state index in [9.17, 15) is 4.39 Å². The van der Waals surface area contributed by atoms with Crippen LogP contribution in [0, 0.1) is 5.82 Å². The molecule has 0 aromatic heterocycles. The van der Waals surface area contributed by atoms with Crippen molar-refractivity contribution in [2.75, 3.05) is 0 Å². The molecule has 0 spiro atoms. The molecule has 1 nitrogen and oxygen atoms in total. The maximum atomic E-state index is 13.1. The molecule has 0 saturated heterocycles. The summed E-state index contributed by atoms with van der Waals surface area (Å²) in [6.07, 6.45) is 0. The van der Waals surface area contributed by atoms with Gasteiger partial charge in [0.05, 0.1) is 0 Å². The zero-order valence-electron chi connectivity index (χ0n) is 10.3. The van der Waals surface area contributed by atoms with Crippen molar-refractivity contribution in [3.8, 4) is 0 Å². The molecule has 0 aliphatic heterocycles. The van der Waals surface area contributed by atoms with E-state index >= 15 is 0 Å². The smallest absolute Gasteiger partial charge is 0.123 e. The van der Waals surface area contributed by atoms with Gasteiger partial charge >= 0.3 is 0 Å². The van der Waals surface area contributed by atoms with E-state index in [1.807, 2.05) is 24.3 Å². The lowest BCUT2D eigenvalue weighted by atomic mass is 10.1. The third-order valence-corrected chi connectivity index (χ3v) is 3.51. The lowest BCUT2D eigenvalue weighted by molar-refractivity contribution is 0.620. The first kappa shape index (κ1) is 14.3. The molecule has 2 aromatic carbocycles. The van der Waals surface area contributed by atoms with Crippen LogP contribution in [-0.4, -0.2) is 0 Å². The minimum Gasteiger partial charge on any atom is -0.309 e. The monoisotopic (exact) mass is 297 g/mol. The third-order valence-electron chi connectivity index (χ3n) is 2.83. The van der Waals surface area contributed by atoms with E-state index in [1.54, 1.807) is 6.07 Å². The molecule has 0 atom stereocenters. The first-order chi connectivity index (χ1) is 9.19. The molecule has 4 heteroatoms. The largest absolute Gasteiger partial charge is 0.309 e. The topological polar surface area (TPSA) is 12.0 Å². The lowest BCUT2D eigenvalue weighted by Crippen LogP contribution is -2.13. The van der Waals surface area contributed by atoms with E-state index in [4.69, 9.17) is 23.2 Å². The minimum absolute atomic E-state index is 0.271. The van der Waals surface area contributed by atoms with E-state index in [-0.39, 0.29) is 5.82 Å². The van der Waals surface area contributed by atoms with Crippen molar-refractivity contribution in [3.05, 3.63) is 70.0 Å². The van der Waals surface area contributed by atoms with Gasteiger partial charge in [-0.2, -0.15) is 0 Å². The van der Waals surface area contributed by atoms with Gasteiger partial charge in [0.1, 0.15) is 5.82 Å². The van der Waals surface area contributed by atoms with Gasteiger partial charge in [0, 0.05) is 24.0 Å². The molecule has 1 N–H and O–H groups in total. The zero-order chi connectivity index (χ0) is 13.7. The molecule has 0 heterocycles. The van der Waals surface area contributed by atoms with Crippen LogP contribution in [0.1, 0.15) is 16.7 Å². The van der Waals surface area contributed by atoms with Crippen LogP contribution in [0.25, 0.3) is 0 Å². The fraction of sp³-hybridized carbons (Fsp3) is 0.200. The summed E-state index contributed by atoms with van der Waals surface area (Å²) in [5.41, 5.74) is 3.01. The highest BCUT2D eigenvalue weighted by atomic mass is 35.5. The third kappa shape index (κ3) is 4.20. The van der Waals surface area contributed by atoms with E-state index in [0.29, 0.717) is 24.0 Å². The molecule has 0 bridgehead atoms. The molecule has 19 heavy (non-hydrogen) atoms. The summed E-state index contributed by atoms with van der Waals surface area (Å²) in [6, 6.07) is 12.4. The number of halogens is 3.